The summed E-state index contributed by atoms with van der Waals surface area (Å²) in [6.45, 7) is 5.05. The average Bonchev–Trinajstić information content (AvgIpc) is 2.83. The number of morpholine rings is 1. The Labute approximate surface area is 212 Å². The first-order valence-corrected chi connectivity index (χ1v) is 13.5. The lowest BCUT2D eigenvalue weighted by Crippen LogP contribution is -2.59. The molecule has 0 spiro atoms. The van der Waals surface area contributed by atoms with Crippen molar-refractivity contribution < 1.29 is 22.7 Å². The van der Waals surface area contributed by atoms with Crippen molar-refractivity contribution in [1.29, 1.82) is 0 Å². The third kappa shape index (κ3) is 6.16. The number of aryl methyl sites for hydroxylation is 1. The van der Waals surface area contributed by atoms with Crippen LogP contribution in [0.15, 0.2) is 53.4 Å². The smallest absolute Gasteiger partial charge is 0.243 e. The molecule has 2 aromatic rings. The second kappa shape index (κ2) is 10.8. The van der Waals surface area contributed by atoms with E-state index in [4.69, 9.17) is 21.1 Å². The van der Waals surface area contributed by atoms with Crippen LogP contribution in [0.1, 0.15) is 12.0 Å². The van der Waals surface area contributed by atoms with Gasteiger partial charge in [-0.05, 0) is 43.8 Å². The van der Waals surface area contributed by atoms with Crippen LogP contribution in [-0.4, -0.2) is 93.6 Å². The summed E-state index contributed by atoms with van der Waals surface area (Å²) in [6.07, 6.45) is 0.0249. The Balaban J connectivity index is 1.58. The number of nitrogens with zero attached hydrogens (tertiary/aromatic N) is 3. The molecule has 0 aromatic heterocycles. The fourth-order valence-electron chi connectivity index (χ4n) is 4.46. The van der Waals surface area contributed by atoms with Crippen LogP contribution in [-0.2, 0) is 19.6 Å². The van der Waals surface area contributed by atoms with E-state index in [1.165, 1.54) is 4.31 Å². The molecule has 1 atom stereocenters. The van der Waals surface area contributed by atoms with E-state index >= 15 is 0 Å². The minimum atomic E-state index is -3.78. The van der Waals surface area contributed by atoms with Crippen LogP contribution >= 0.6 is 11.6 Å². The predicted molar refractivity (Wildman–Crippen MR) is 134 cm³/mol. The largest absolute Gasteiger partial charge is 0.490 e. The van der Waals surface area contributed by atoms with Gasteiger partial charge in [-0.3, -0.25) is 4.79 Å². The molecule has 0 N–H and O–H groups in total. The number of hydrogen-bond acceptors (Lipinski definition) is 6. The van der Waals surface area contributed by atoms with Crippen molar-refractivity contribution >= 4 is 27.5 Å². The van der Waals surface area contributed by atoms with Crippen LogP contribution in [0.25, 0.3) is 0 Å². The molecule has 0 bridgehead atoms. The summed E-state index contributed by atoms with van der Waals surface area (Å²) in [5, 5.41) is 0.526. The van der Waals surface area contributed by atoms with Gasteiger partial charge in [0.05, 0.1) is 17.9 Å². The second-order valence-corrected chi connectivity index (χ2v) is 11.6. The van der Waals surface area contributed by atoms with Gasteiger partial charge in [0.25, 0.3) is 0 Å². The molecule has 2 heterocycles. The zero-order chi connectivity index (χ0) is 25.1. The van der Waals surface area contributed by atoms with Gasteiger partial charge in [-0.1, -0.05) is 35.9 Å². The van der Waals surface area contributed by atoms with E-state index in [1.807, 2.05) is 18.0 Å². The van der Waals surface area contributed by atoms with Crippen LogP contribution in [0.4, 0.5) is 0 Å². The Hall–Kier alpha value is -2.17. The summed E-state index contributed by atoms with van der Waals surface area (Å²) in [5.41, 5.74) is -0.454. The SMILES string of the molecule is Cc1ccccc1S(=O)(=O)N1CCO[C@](COc2cccc(Cl)c2)(CC(=O)N2CCN(C)CC2)C1. The highest BCUT2D eigenvalue weighted by Gasteiger charge is 2.44. The first-order chi connectivity index (χ1) is 16.7. The third-order valence-electron chi connectivity index (χ3n) is 6.55. The molecule has 2 aliphatic heterocycles. The van der Waals surface area contributed by atoms with Gasteiger partial charge in [-0.2, -0.15) is 4.31 Å². The molecule has 2 fully saturated rings. The number of sulfonamides is 1. The molecule has 35 heavy (non-hydrogen) atoms. The number of halogens is 1. The highest BCUT2D eigenvalue weighted by atomic mass is 35.5. The fourth-order valence-corrected chi connectivity index (χ4v) is 6.36. The Kier molecular flexibility index (Phi) is 8.02. The van der Waals surface area contributed by atoms with Crippen LogP contribution in [0, 0.1) is 6.92 Å². The standard InChI is InChI=1S/C25H32ClN3O5S/c1-20-6-3-4-9-23(20)35(31,32)29-14-15-34-25(18-29,19-33-22-8-5-7-21(26)16-22)17-24(30)28-12-10-27(2)11-13-28/h3-9,16H,10-15,17-19H2,1-2H3/t25-/m1/s1. The highest BCUT2D eigenvalue weighted by molar-refractivity contribution is 7.89. The van der Waals surface area contributed by atoms with Crippen molar-refractivity contribution in [3.63, 3.8) is 0 Å². The van der Waals surface area contributed by atoms with Gasteiger partial charge in [-0.15, -0.1) is 0 Å². The van der Waals surface area contributed by atoms with E-state index in [-0.39, 0.29) is 43.5 Å². The van der Waals surface area contributed by atoms with Crippen molar-refractivity contribution in [2.75, 3.05) is 59.5 Å². The summed E-state index contributed by atoms with van der Waals surface area (Å²) in [6, 6.07) is 13.9. The minimum Gasteiger partial charge on any atom is -0.490 e. The minimum absolute atomic E-state index is 0.0176. The van der Waals surface area contributed by atoms with E-state index in [0.29, 0.717) is 29.4 Å². The molecule has 1 amide bonds. The van der Waals surface area contributed by atoms with Crippen molar-refractivity contribution in [2.45, 2.75) is 23.8 Å². The molecule has 0 unspecified atom stereocenters. The zero-order valence-electron chi connectivity index (χ0n) is 20.2. The Morgan fingerprint density at radius 1 is 1.09 bits per heavy atom. The number of amides is 1. The molecule has 10 heteroatoms. The number of piperazine rings is 1. The number of benzene rings is 2. The Morgan fingerprint density at radius 2 is 1.83 bits per heavy atom. The quantitative estimate of drug-likeness (QED) is 0.557. The van der Waals surface area contributed by atoms with Gasteiger partial charge in [0.15, 0.2) is 0 Å². The zero-order valence-corrected chi connectivity index (χ0v) is 21.7. The van der Waals surface area contributed by atoms with E-state index < -0.39 is 15.6 Å². The number of rotatable bonds is 7. The van der Waals surface area contributed by atoms with Crippen LogP contribution in [0.3, 0.4) is 0 Å². The van der Waals surface area contributed by atoms with E-state index in [0.717, 1.165) is 13.1 Å². The molecule has 2 aliphatic rings. The number of carbonyl (C=O) groups is 1. The van der Waals surface area contributed by atoms with Gasteiger partial charge in [0, 0.05) is 44.3 Å². The molecule has 2 aromatic carbocycles. The lowest BCUT2D eigenvalue weighted by Gasteiger charge is -2.43. The Bertz CT molecular complexity index is 1150. The third-order valence-corrected chi connectivity index (χ3v) is 8.79. The van der Waals surface area contributed by atoms with Crippen LogP contribution in [0.2, 0.25) is 5.02 Å². The monoisotopic (exact) mass is 521 g/mol. The predicted octanol–water partition coefficient (Wildman–Crippen LogP) is 2.65. The number of likely N-dealkylation sites (N-methyl/N-ethyl adjacent to an activating group) is 1. The number of hydrogen-bond donors (Lipinski definition) is 0. The van der Waals surface area contributed by atoms with Crippen molar-refractivity contribution in [3.05, 3.63) is 59.1 Å². The molecule has 4 rings (SSSR count). The van der Waals surface area contributed by atoms with E-state index in [1.54, 1.807) is 49.4 Å². The topological polar surface area (TPSA) is 79.4 Å². The van der Waals surface area contributed by atoms with Gasteiger partial charge in [0.1, 0.15) is 18.0 Å². The maximum atomic E-state index is 13.5. The van der Waals surface area contributed by atoms with E-state index in [9.17, 15) is 13.2 Å². The van der Waals surface area contributed by atoms with Crippen LogP contribution in [0.5, 0.6) is 5.75 Å². The van der Waals surface area contributed by atoms with Gasteiger partial charge >= 0.3 is 0 Å². The highest BCUT2D eigenvalue weighted by Crippen LogP contribution is 2.30. The lowest BCUT2D eigenvalue weighted by atomic mass is 9.97. The molecular weight excluding hydrogens is 490 g/mol. The summed E-state index contributed by atoms with van der Waals surface area (Å²) >= 11 is 6.10. The van der Waals surface area contributed by atoms with E-state index in [2.05, 4.69) is 4.90 Å². The normalized spacial score (nSPS) is 22.2. The second-order valence-electron chi connectivity index (χ2n) is 9.24. The first kappa shape index (κ1) is 25.9. The Morgan fingerprint density at radius 3 is 2.54 bits per heavy atom. The van der Waals surface area contributed by atoms with Gasteiger partial charge in [-0.25, -0.2) is 8.42 Å². The molecule has 0 radical (unpaired) electrons. The molecular formula is C25H32ClN3O5S. The maximum absolute atomic E-state index is 13.5. The van der Waals surface area contributed by atoms with Crippen molar-refractivity contribution in [3.8, 4) is 5.75 Å². The first-order valence-electron chi connectivity index (χ1n) is 11.7. The van der Waals surface area contributed by atoms with Gasteiger partial charge < -0.3 is 19.3 Å². The lowest BCUT2D eigenvalue weighted by molar-refractivity contribution is -0.151. The number of carbonyl (C=O) groups excluding carboxylic acids is 1. The van der Waals surface area contributed by atoms with Crippen molar-refractivity contribution in [1.82, 2.24) is 14.1 Å². The molecule has 0 aliphatic carbocycles. The summed E-state index contributed by atoms with van der Waals surface area (Å²) in [5.74, 6) is 0.467. The summed E-state index contributed by atoms with van der Waals surface area (Å²) in [4.78, 5) is 17.6. The maximum Gasteiger partial charge on any atom is 0.243 e. The molecule has 8 nitrogen and oxygen atoms in total. The number of ether oxygens (including phenoxy) is 2. The molecule has 190 valence electrons. The summed E-state index contributed by atoms with van der Waals surface area (Å²) in [7, 11) is -1.75. The van der Waals surface area contributed by atoms with Gasteiger partial charge in [0.2, 0.25) is 15.9 Å². The average molecular weight is 522 g/mol. The molecule has 2 saturated heterocycles. The van der Waals surface area contributed by atoms with Crippen molar-refractivity contribution in [2.24, 2.45) is 0 Å². The summed E-state index contributed by atoms with van der Waals surface area (Å²) < 4.78 is 40.7. The van der Waals surface area contributed by atoms with Crippen LogP contribution < -0.4 is 4.74 Å². The fraction of sp³-hybridized carbons (Fsp3) is 0.480. The molecule has 0 saturated carbocycles.